The number of rotatable bonds is 3. The first-order valence-electron chi connectivity index (χ1n) is 5.14. The highest BCUT2D eigenvalue weighted by atomic mass is 79.9. The number of hydrogen-bond acceptors (Lipinski definition) is 2. The lowest BCUT2D eigenvalue weighted by Gasteiger charge is -2.42. The fraction of sp³-hybridized carbons (Fsp3) is 0.545. The maximum atomic E-state index is 4.34. The number of halogens is 1. The van der Waals surface area contributed by atoms with E-state index >= 15 is 0 Å². The molecule has 1 fully saturated rings. The van der Waals surface area contributed by atoms with Crippen LogP contribution in [0.1, 0.15) is 32.6 Å². The first kappa shape index (κ1) is 9.97. The van der Waals surface area contributed by atoms with Gasteiger partial charge in [-0.1, -0.05) is 6.92 Å². The number of nitrogens with zero attached hydrogens (tertiary/aromatic N) is 1. The Kier molecular flexibility index (Phi) is 2.77. The third-order valence-electron chi connectivity index (χ3n) is 3.13. The van der Waals surface area contributed by atoms with E-state index in [2.05, 4.69) is 33.2 Å². The second kappa shape index (κ2) is 3.89. The molecule has 0 radical (unpaired) electrons. The SMILES string of the molecule is CCC1(Nc2ncccc2Br)CCC1. The zero-order valence-electron chi connectivity index (χ0n) is 8.39. The molecule has 1 heterocycles. The molecule has 1 N–H and O–H groups in total. The molecule has 2 nitrogen and oxygen atoms in total. The second-order valence-corrected chi connectivity index (χ2v) is 4.80. The molecule has 3 heteroatoms. The lowest BCUT2D eigenvalue weighted by Crippen LogP contribution is -2.44. The van der Waals surface area contributed by atoms with Gasteiger partial charge in [-0.3, -0.25) is 0 Å². The Bertz CT molecular complexity index is 315. The number of anilines is 1. The highest BCUT2D eigenvalue weighted by Gasteiger charge is 2.35. The van der Waals surface area contributed by atoms with E-state index in [1.165, 1.54) is 25.7 Å². The molecule has 0 amide bonds. The smallest absolute Gasteiger partial charge is 0.140 e. The highest BCUT2D eigenvalue weighted by molar-refractivity contribution is 9.10. The van der Waals surface area contributed by atoms with Crippen LogP contribution in [0, 0.1) is 0 Å². The number of pyridine rings is 1. The fourth-order valence-electron chi connectivity index (χ4n) is 1.90. The zero-order valence-corrected chi connectivity index (χ0v) is 9.97. The summed E-state index contributed by atoms with van der Waals surface area (Å²) < 4.78 is 1.06. The largest absolute Gasteiger partial charge is 0.364 e. The topological polar surface area (TPSA) is 24.9 Å². The van der Waals surface area contributed by atoms with Gasteiger partial charge in [-0.2, -0.15) is 0 Å². The standard InChI is InChI=1S/C11H15BrN2/c1-2-11(6-4-7-11)14-10-9(12)5-3-8-13-10/h3,5,8H,2,4,6-7H2,1H3,(H,13,14). The van der Waals surface area contributed by atoms with Crippen LogP contribution in [0.2, 0.25) is 0 Å². The van der Waals surface area contributed by atoms with Gasteiger partial charge in [0.05, 0.1) is 4.47 Å². The van der Waals surface area contributed by atoms with Crippen LogP contribution in [-0.2, 0) is 0 Å². The van der Waals surface area contributed by atoms with Crippen LogP contribution in [0.25, 0.3) is 0 Å². The lowest BCUT2D eigenvalue weighted by atomic mass is 9.75. The molecule has 76 valence electrons. The number of aromatic nitrogens is 1. The van der Waals surface area contributed by atoms with E-state index in [0.29, 0.717) is 5.54 Å². The quantitative estimate of drug-likeness (QED) is 0.892. The van der Waals surface area contributed by atoms with Crippen molar-refractivity contribution >= 4 is 21.7 Å². The molecule has 0 unspecified atom stereocenters. The number of hydrogen-bond donors (Lipinski definition) is 1. The van der Waals surface area contributed by atoms with Crippen LogP contribution < -0.4 is 5.32 Å². The maximum Gasteiger partial charge on any atom is 0.140 e. The van der Waals surface area contributed by atoms with Gasteiger partial charge in [-0.25, -0.2) is 4.98 Å². The molecule has 2 rings (SSSR count). The van der Waals surface area contributed by atoms with Crippen LogP contribution >= 0.6 is 15.9 Å². The number of nitrogens with one attached hydrogen (secondary N) is 1. The molecule has 14 heavy (non-hydrogen) atoms. The van der Waals surface area contributed by atoms with Crippen molar-refractivity contribution in [2.45, 2.75) is 38.1 Å². The Morgan fingerprint density at radius 2 is 2.36 bits per heavy atom. The second-order valence-electron chi connectivity index (χ2n) is 3.95. The van der Waals surface area contributed by atoms with Gasteiger partial charge in [-0.15, -0.1) is 0 Å². The summed E-state index contributed by atoms with van der Waals surface area (Å²) in [5.41, 5.74) is 0.316. The average molecular weight is 255 g/mol. The van der Waals surface area contributed by atoms with Crippen molar-refractivity contribution in [3.8, 4) is 0 Å². The molecular formula is C11H15BrN2. The van der Waals surface area contributed by atoms with Crippen molar-refractivity contribution in [1.29, 1.82) is 0 Å². The monoisotopic (exact) mass is 254 g/mol. The molecule has 1 aromatic heterocycles. The Hall–Kier alpha value is -0.570. The Morgan fingerprint density at radius 1 is 1.57 bits per heavy atom. The molecule has 1 saturated carbocycles. The Labute approximate surface area is 93.3 Å². The molecule has 1 aliphatic rings. The van der Waals surface area contributed by atoms with Crippen molar-refractivity contribution in [3.05, 3.63) is 22.8 Å². The molecule has 0 bridgehead atoms. The summed E-state index contributed by atoms with van der Waals surface area (Å²) in [5, 5.41) is 3.55. The van der Waals surface area contributed by atoms with Gasteiger partial charge in [0, 0.05) is 11.7 Å². The third-order valence-corrected chi connectivity index (χ3v) is 3.77. The van der Waals surface area contributed by atoms with Gasteiger partial charge >= 0.3 is 0 Å². The third kappa shape index (κ3) is 1.78. The van der Waals surface area contributed by atoms with Gasteiger partial charge in [0.15, 0.2) is 0 Å². The van der Waals surface area contributed by atoms with E-state index in [0.717, 1.165) is 10.3 Å². The lowest BCUT2D eigenvalue weighted by molar-refractivity contribution is 0.268. The van der Waals surface area contributed by atoms with Crippen molar-refractivity contribution < 1.29 is 0 Å². The van der Waals surface area contributed by atoms with E-state index < -0.39 is 0 Å². The minimum atomic E-state index is 0.316. The zero-order chi connectivity index (χ0) is 10.0. The predicted octanol–water partition coefficient (Wildman–Crippen LogP) is 3.59. The van der Waals surface area contributed by atoms with Crippen molar-refractivity contribution in [2.24, 2.45) is 0 Å². The van der Waals surface area contributed by atoms with Gasteiger partial charge < -0.3 is 5.32 Å². The molecule has 0 aromatic carbocycles. The normalized spacial score (nSPS) is 18.7. The molecule has 0 atom stereocenters. The Balaban J connectivity index is 2.13. The summed E-state index contributed by atoms with van der Waals surface area (Å²) in [5.74, 6) is 0.981. The molecule has 1 aromatic rings. The van der Waals surface area contributed by atoms with E-state index in [1.807, 2.05) is 18.3 Å². The first-order valence-corrected chi connectivity index (χ1v) is 5.94. The highest BCUT2D eigenvalue weighted by Crippen LogP contribution is 2.38. The minimum absolute atomic E-state index is 0.316. The van der Waals surface area contributed by atoms with Crippen molar-refractivity contribution in [1.82, 2.24) is 4.98 Å². The van der Waals surface area contributed by atoms with Crippen LogP contribution in [0.15, 0.2) is 22.8 Å². The summed E-state index contributed by atoms with van der Waals surface area (Å²) in [6, 6.07) is 3.96. The summed E-state index contributed by atoms with van der Waals surface area (Å²) in [6.45, 7) is 2.24. The maximum absolute atomic E-state index is 4.34. The van der Waals surface area contributed by atoms with Gasteiger partial charge in [0.25, 0.3) is 0 Å². The van der Waals surface area contributed by atoms with Crippen molar-refractivity contribution in [2.75, 3.05) is 5.32 Å². The Morgan fingerprint density at radius 3 is 2.86 bits per heavy atom. The summed E-state index contributed by atoms with van der Waals surface area (Å²) in [6.07, 6.45) is 6.88. The first-order chi connectivity index (χ1) is 6.76. The van der Waals surface area contributed by atoms with Crippen LogP contribution in [0.3, 0.4) is 0 Å². The molecule has 0 saturated heterocycles. The average Bonchev–Trinajstić information content (AvgIpc) is 2.14. The van der Waals surface area contributed by atoms with Gasteiger partial charge in [0.1, 0.15) is 5.82 Å². The minimum Gasteiger partial charge on any atom is -0.364 e. The van der Waals surface area contributed by atoms with E-state index in [4.69, 9.17) is 0 Å². The van der Waals surface area contributed by atoms with Crippen molar-refractivity contribution in [3.63, 3.8) is 0 Å². The van der Waals surface area contributed by atoms with Crippen LogP contribution in [0.5, 0.6) is 0 Å². The van der Waals surface area contributed by atoms with Crippen LogP contribution in [-0.4, -0.2) is 10.5 Å². The van der Waals surface area contributed by atoms with Crippen LogP contribution in [0.4, 0.5) is 5.82 Å². The van der Waals surface area contributed by atoms with E-state index in [-0.39, 0.29) is 0 Å². The van der Waals surface area contributed by atoms with E-state index in [9.17, 15) is 0 Å². The molecular weight excluding hydrogens is 240 g/mol. The molecule has 0 aliphatic heterocycles. The molecule has 0 spiro atoms. The fourth-order valence-corrected chi connectivity index (χ4v) is 2.25. The predicted molar refractivity (Wildman–Crippen MR) is 62.4 cm³/mol. The van der Waals surface area contributed by atoms with Gasteiger partial charge in [-0.05, 0) is 53.7 Å². The summed E-state index contributed by atoms with van der Waals surface area (Å²) in [4.78, 5) is 4.34. The van der Waals surface area contributed by atoms with Gasteiger partial charge in [0.2, 0.25) is 0 Å². The van der Waals surface area contributed by atoms with E-state index in [1.54, 1.807) is 0 Å². The molecule has 1 aliphatic carbocycles. The summed E-state index contributed by atoms with van der Waals surface area (Å²) in [7, 11) is 0. The summed E-state index contributed by atoms with van der Waals surface area (Å²) >= 11 is 3.51.